The molecule has 0 bridgehead atoms. The van der Waals surface area contributed by atoms with E-state index in [0.29, 0.717) is 58.8 Å². The molecule has 0 spiro atoms. The summed E-state index contributed by atoms with van der Waals surface area (Å²) in [5.74, 6) is 5.99. The Morgan fingerprint density at radius 2 is 1.85 bits per heavy atom. The van der Waals surface area contributed by atoms with Gasteiger partial charge < -0.3 is 15.1 Å². The largest absolute Gasteiger partial charge is 0.417 e. The van der Waals surface area contributed by atoms with Gasteiger partial charge in [-0.1, -0.05) is 6.07 Å². The van der Waals surface area contributed by atoms with Crippen molar-refractivity contribution in [1.82, 2.24) is 34.9 Å². The molecule has 6 saturated carbocycles. The average Bonchev–Trinajstić information content (AvgIpc) is 3.55. The zero-order chi connectivity index (χ0) is 27.3. The highest BCUT2D eigenvalue weighted by atomic mass is 32.2. The minimum atomic E-state index is -2.24. The number of H-pyrrole nitrogens is 1. The van der Waals surface area contributed by atoms with E-state index in [1.165, 1.54) is 10.6 Å². The number of nitrogens with zero attached hydrogens (tertiary/aromatic N) is 3. The average molecular weight is 560 g/mol. The van der Waals surface area contributed by atoms with E-state index in [-0.39, 0.29) is 34.8 Å². The zero-order valence-electron chi connectivity index (χ0n) is 21.3. The van der Waals surface area contributed by atoms with E-state index in [9.17, 15) is 18.6 Å². The van der Waals surface area contributed by atoms with Crippen molar-refractivity contribution >= 4 is 44.1 Å². The van der Waals surface area contributed by atoms with E-state index < -0.39 is 21.4 Å². The van der Waals surface area contributed by atoms with Crippen molar-refractivity contribution < 1.29 is 18.2 Å². The van der Waals surface area contributed by atoms with Crippen molar-refractivity contribution in [2.24, 2.45) is 40.9 Å². The van der Waals surface area contributed by atoms with E-state index >= 15 is 0 Å². The van der Waals surface area contributed by atoms with Crippen LogP contribution in [0.5, 0.6) is 0 Å². The normalized spacial score (nSPS) is 36.3. The summed E-state index contributed by atoms with van der Waals surface area (Å²) >= 11 is 0. The number of fused-ring (bicyclic) bond motifs is 2. The highest BCUT2D eigenvalue weighted by Gasteiger charge is 3.09. The first kappa shape index (κ1) is 22.8. The smallest absolute Gasteiger partial charge is 0.408 e. The van der Waals surface area contributed by atoms with Crippen LogP contribution in [0.4, 0.5) is 0 Å². The van der Waals surface area contributed by atoms with Gasteiger partial charge in [0.2, 0.25) is 0 Å². The van der Waals surface area contributed by atoms with Gasteiger partial charge in [0, 0.05) is 46.7 Å². The molecule has 13 heteroatoms. The number of hydrogen-bond donors (Lipinski definition) is 4. The quantitative estimate of drug-likeness (QED) is 0.224. The summed E-state index contributed by atoms with van der Waals surface area (Å²) in [6.07, 6.45) is 3.22. The minimum absolute atomic E-state index is 0.0510. The molecule has 0 saturated heterocycles. The van der Waals surface area contributed by atoms with Gasteiger partial charge in [-0.15, -0.1) is 0 Å². The third-order valence-electron chi connectivity index (χ3n) is 10.5. The summed E-state index contributed by atoms with van der Waals surface area (Å²) in [6, 6.07) is 8.26. The maximum Gasteiger partial charge on any atom is 0.417 e. The molecule has 6 aliphatic rings. The predicted octanol–water partition coefficient (Wildman–Crippen LogP) is 0.165. The van der Waals surface area contributed by atoms with Crippen LogP contribution in [0.2, 0.25) is 0 Å². The van der Waals surface area contributed by atoms with E-state index in [1.54, 1.807) is 36.7 Å². The highest BCUT2D eigenvalue weighted by molar-refractivity contribution is 7.97. The standard InChI is InChI=1S/C27H25N7O5S/c1-40(2,38)33-27-20-17-21(27)19-22(27)18(20)26(17,19)10-29-24(36)14-8-13(31-16-5-6-30-34(14)16)23(35)28-9-11-3-4-15-12(7-11)32-25(37)39-15/h3-8,17-22H,1,9-10H2,2H3,(H,28,35)(H,29,36)(H,32,37)(H,33,38). The van der Waals surface area contributed by atoms with E-state index in [4.69, 9.17) is 4.42 Å². The van der Waals surface area contributed by atoms with Crippen LogP contribution in [0.15, 0.2) is 45.7 Å². The highest BCUT2D eigenvalue weighted by Crippen LogP contribution is 3.06. The Hall–Kier alpha value is -3.97. The number of oxazole rings is 1. The third kappa shape index (κ3) is 2.41. The molecule has 3 heterocycles. The van der Waals surface area contributed by atoms with Crippen LogP contribution in [-0.4, -0.2) is 59.8 Å². The zero-order valence-corrected chi connectivity index (χ0v) is 22.2. The molecule has 10 rings (SSSR count). The fourth-order valence-corrected chi connectivity index (χ4v) is 10.7. The van der Waals surface area contributed by atoms with E-state index in [1.807, 2.05) is 0 Å². The molecular weight excluding hydrogens is 534 g/mol. The van der Waals surface area contributed by atoms with Gasteiger partial charge in [0.05, 0.1) is 11.7 Å². The number of aromatic amines is 1. The molecule has 4 N–H and O–H groups in total. The number of rotatable bonds is 8. The van der Waals surface area contributed by atoms with Gasteiger partial charge in [-0.2, -0.15) is 5.10 Å². The second-order valence-corrected chi connectivity index (χ2v) is 14.4. The monoisotopic (exact) mass is 559 g/mol. The lowest BCUT2D eigenvalue weighted by atomic mass is 8.94. The van der Waals surface area contributed by atoms with Gasteiger partial charge in [0.1, 0.15) is 11.4 Å². The van der Waals surface area contributed by atoms with Crippen molar-refractivity contribution in [3.63, 3.8) is 0 Å². The first-order valence-electron chi connectivity index (χ1n) is 13.3. The molecule has 0 aliphatic heterocycles. The molecule has 1 aromatic carbocycles. The summed E-state index contributed by atoms with van der Waals surface area (Å²) in [5, 5.41) is 10.2. The lowest BCUT2D eigenvalue weighted by Gasteiger charge is -3.11. The number of nitrogens with one attached hydrogen (secondary N) is 4. The van der Waals surface area contributed by atoms with Crippen molar-refractivity contribution in [3.8, 4) is 0 Å². The molecule has 40 heavy (non-hydrogen) atoms. The second-order valence-electron chi connectivity index (χ2n) is 12.1. The number of carbonyl (C=O) groups excluding carboxylic acids is 2. The lowest BCUT2D eigenvalue weighted by molar-refractivity contribution is -0.621. The number of hydrogen-bond acceptors (Lipinski definition) is 7. The molecule has 12 nitrogen and oxygen atoms in total. The summed E-state index contributed by atoms with van der Waals surface area (Å²) in [6.45, 7) is 0.797. The van der Waals surface area contributed by atoms with Crippen LogP contribution in [0, 0.1) is 40.9 Å². The summed E-state index contributed by atoms with van der Waals surface area (Å²) in [5.41, 5.74) is 2.73. The summed E-state index contributed by atoms with van der Waals surface area (Å²) in [7, 11) is -2.24. The topological polar surface area (TPSA) is 163 Å². The Labute approximate surface area is 227 Å². The fraction of sp³-hybridized carbons (Fsp3) is 0.407. The van der Waals surface area contributed by atoms with Gasteiger partial charge in [-0.05, 0) is 64.5 Å². The molecule has 0 radical (unpaired) electrons. The van der Waals surface area contributed by atoms with Gasteiger partial charge in [0.25, 0.3) is 11.8 Å². The Morgan fingerprint density at radius 1 is 1.10 bits per heavy atom. The van der Waals surface area contributed by atoms with Gasteiger partial charge in [-0.3, -0.25) is 18.8 Å². The van der Waals surface area contributed by atoms with Crippen LogP contribution in [0.25, 0.3) is 16.7 Å². The van der Waals surface area contributed by atoms with Crippen molar-refractivity contribution in [2.45, 2.75) is 12.1 Å². The molecule has 1 unspecified atom stereocenters. The number of carbonyl (C=O) groups is 2. The summed E-state index contributed by atoms with van der Waals surface area (Å²) < 4.78 is 22.1. The minimum Gasteiger partial charge on any atom is -0.408 e. The maximum atomic E-state index is 13.4. The number of benzene rings is 1. The Kier molecular flexibility index (Phi) is 3.90. The van der Waals surface area contributed by atoms with Gasteiger partial charge >= 0.3 is 5.76 Å². The van der Waals surface area contributed by atoms with Gasteiger partial charge in [-0.25, -0.2) is 19.0 Å². The number of aromatic nitrogens is 4. The SMILES string of the molecule is C=S(C)(=O)NC12C3C4C1C1C2C3C41CNC(=O)c1cc(C(=O)NCc2ccc3oc(=O)[nH]c3c2)nc2ccnn12. The first-order valence-corrected chi connectivity index (χ1v) is 15.4. The molecule has 6 fully saturated rings. The molecule has 3 aromatic heterocycles. The van der Waals surface area contributed by atoms with Crippen LogP contribution in [0.1, 0.15) is 26.5 Å². The molecule has 6 aliphatic carbocycles. The summed E-state index contributed by atoms with van der Waals surface area (Å²) in [4.78, 5) is 44.8. The predicted molar refractivity (Wildman–Crippen MR) is 144 cm³/mol. The maximum absolute atomic E-state index is 13.4. The molecular formula is C27H25N7O5S. The van der Waals surface area contributed by atoms with Crippen molar-refractivity contribution in [3.05, 3.63) is 64.0 Å². The lowest BCUT2D eigenvalue weighted by Crippen LogP contribution is -3.15. The van der Waals surface area contributed by atoms with E-state index in [2.05, 4.69) is 36.3 Å². The Balaban J connectivity index is 0.904. The second kappa shape index (κ2) is 6.84. The first-order chi connectivity index (χ1) is 19.1. The molecule has 4 aromatic rings. The van der Waals surface area contributed by atoms with Crippen LogP contribution in [0.3, 0.4) is 0 Å². The molecule has 204 valence electrons. The van der Waals surface area contributed by atoms with Crippen molar-refractivity contribution in [2.75, 3.05) is 12.8 Å². The number of amides is 2. The Bertz CT molecular complexity index is 1950. The van der Waals surface area contributed by atoms with Gasteiger partial charge in [0.15, 0.2) is 11.2 Å². The molecule has 1 atom stereocenters. The van der Waals surface area contributed by atoms with Crippen LogP contribution < -0.4 is 21.1 Å². The van der Waals surface area contributed by atoms with Crippen molar-refractivity contribution in [1.29, 1.82) is 0 Å². The fourth-order valence-electron chi connectivity index (χ4n) is 9.58. The third-order valence-corrected chi connectivity index (χ3v) is 11.3. The molecule has 2 amide bonds. The van der Waals surface area contributed by atoms with E-state index in [0.717, 1.165) is 5.56 Å². The van der Waals surface area contributed by atoms with Crippen LogP contribution >= 0.6 is 0 Å². The van der Waals surface area contributed by atoms with Crippen LogP contribution in [-0.2, 0) is 16.3 Å². The Morgan fingerprint density at radius 3 is 2.58 bits per heavy atom.